The second-order valence-electron chi connectivity index (χ2n) is 4.00. The van der Waals surface area contributed by atoms with Gasteiger partial charge in [-0.3, -0.25) is 0 Å². The molecule has 0 atom stereocenters. The molecule has 0 aliphatic rings. The maximum Gasteiger partial charge on any atom is 0.103 e. The standard InChI is InChI=1S/C12H18OSi/c1-14(2,11-7-6-10-13)12-8-4-3-5-9-12/h3-5,7-9,11,13H,6,10H2,1-2H3/b11-7-. The predicted molar refractivity (Wildman–Crippen MR) is 64.4 cm³/mol. The van der Waals surface area contributed by atoms with Crippen LogP contribution in [-0.4, -0.2) is 19.8 Å². The monoisotopic (exact) mass is 206 g/mol. The third-order valence-corrected chi connectivity index (χ3v) is 5.24. The third-order valence-electron chi connectivity index (χ3n) is 2.35. The van der Waals surface area contributed by atoms with Crippen molar-refractivity contribution in [3.05, 3.63) is 42.1 Å². The Hall–Kier alpha value is -0.863. The van der Waals surface area contributed by atoms with Crippen LogP contribution in [0.15, 0.2) is 42.1 Å². The molecule has 0 amide bonds. The van der Waals surface area contributed by atoms with Gasteiger partial charge in [-0.05, 0) is 6.42 Å². The van der Waals surface area contributed by atoms with Crippen LogP contribution in [0, 0.1) is 0 Å². The molecule has 76 valence electrons. The van der Waals surface area contributed by atoms with Gasteiger partial charge >= 0.3 is 0 Å². The molecule has 0 fully saturated rings. The summed E-state index contributed by atoms with van der Waals surface area (Å²) in [5, 5.41) is 10.1. The van der Waals surface area contributed by atoms with E-state index in [0.717, 1.165) is 6.42 Å². The lowest BCUT2D eigenvalue weighted by molar-refractivity contribution is 0.302. The molecule has 1 aromatic rings. The zero-order valence-electron chi connectivity index (χ0n) is 8.90. The molecule has 2 heteroatoms. The molecule has 1 N–H and O–H groups in total. The number of aliphatic hydroxyl groups is 1. The fourth-order valence-corrected chi connectivity index (χ4v) is 3.42. The molecule has 0 heterocycles. The number of hydrogen-bond donors (Lipinski definition) is 1. The molecule has 1 nitrogen and oxygen atoms in total. The second-order valence-corrected chi connectivity index (χ2v) is 8.36. The maximum atomic E-state index is 8.70. The Morgan fingerprint density at radius 3 is 2.43 bits per heavy atom. The molecule has 0 bridgehead atoms. The summed E-state index contributed by atoms with van der Waals surface area (Å²) in [5.41, 5.74) is 2.29. The van der Waals surface area contributed by atoms with Crippen molar-refractivity contribution in [2.24, 2.45) is 0 Å². The van der Waals surface area contributed by atoms with Crippen molar-refractivity contribution < 1.29 is 5.11 Å². The Balaban J connectivity index is 2.75. The minimum atomic E-state index is -1.41. The maximum absolute atomic E-state index is 8.70. The summed E-state index contributed by atoms with van der Waals surface area (Å²) in [5.74, 6) is 0. The van der Waals surface area contributed by atoms with Gasteiger partial charge in [0.25, 0.3) is 0 Å². The molecule has 1 rings (SSSR count). The molecule has 0 aliphatic carbocycles. The first-order valence-corrected chi connectivity index (χ1v) is 8.08. The van der Waals surface area contributed by atoms with Crippen molar-refractivity contribution in [2.45, 2.75) is 19.5 Å². The first kappa shape index (κ1) is 11.2. The average Bonchev–Trinajstić information content (AvgIpc) is 2.19. The van der Waals surface area contributed by atoms with E-state index in [9.17, 15) is 0 Å². The quantitative estimate of drug-likeness (QED) is 0.748. The molecule has 0 aromatic heterocycles. The van der Waals surface area contributed by atoms with Crippen molar-refractivity contribution in [1.82, 2.24) is 0 Å². The van der Waals surface area contributed by atoms with Gasteiger partial charge in [-0.25, -0.2) is 0 Å². The van der Waals surface area contributed by atoms with Crippen LogP contribution in [0.3, 0.4) is 0 Å². The van der Waals surface area contributed by atoms with Crippen LogP contribution in [0.4, 0.5) is 0 Å². The Labute approximate surface area is 87.1 Å². The summed E-state index contributed by atoms with van der Waals surface area (Å²) in [7, 11) is -1.41. The smallest absolute Gasteiger partial charge is 0.103 e. The predicted octanol–water partition coefficient (Wildman–Crippen LogP) is 2.08. The largest absolute Gasteiger partial charge is 0.396 e. The number of aliphatic hydroxyl groups excluding tert-OH is 1. The van der Waals surface area contributed by atoms with Crippen molar-refractivity contribution in [1.29, 1.82) is 0 Å². The van der Waals surface area contributed by atoms with Gasteiger partial charge in [-0.15, -0.1) is 0 Å². The molecule has 0 saturated carbocycles. The van der Waals surface area contributed by atoms with E-state index >= 15 is 0 Å². The van der Waals surface area contributed by atoms with Crippen LogP contribution < -0.4 is 5.19 Å². The normalized spacial score (nSPS) is 12.2. The van der Waals surface area contributed by atoms with Crippen molar-refractivity contribution in [3.63, 3.8) is 0 Å². The van der Waals surface area contributed by atoms with E-state index in [1.165, 1.54) is 5.19 Å². The van der Waals surface area contributed by atoms with E-state index in [2.05, 4.69) is 49.1 Å². The van der Waals surface area contributed by atoms with Gasteiger partial charge in [0, 0.05) is 6.61 Å². The van der Waals surface area contributed by atoms with Gasteiger partial charge in [0.2, 0.25) is 0 Å². The lowest BCUT2D eigenvalue weighted by Gasteiger charge is -2.17. The van der Waals surface area contributed by atoms with E-state index in [1.54, 1.807) is 0 Å². The molecule has 0 spiro atoms. The summed E-state index contributed by atoms with van der Waals surface area (Å²) in [6.07, 6.45) is 2.86. The SMILES string of the molecule is C[Si](C)(/C=C\CCO)c1ccccc1. The summed E-state index contributed by atoms with van der Waals surface area (Å²) >= 11 is 0. The highest BCUT2D eigenvalue weighted by molar-refractivity contribution is 6.93. The Morgan fingerprint density at radius 1 is 1.21 bits per heavy atom. The fraction of sp³-hybridized carbons (Fsp3) is 0.333. The number of benzene rings is 1. The van der Waals surface area contributed by atoms with Gasteiger partial charge in [0.05, 0.1) is 0 Å². The van der Waals surface area contributed by atoms with Crippen molar-refractivity contribution in [2.75, 3.05) is 6.61 Å². The van der Waals surface area contributed by atoms with E-state index in [1.807, 2.05) is 6.07 Å². The van der Waals surface area contributed by atoms with Crippen LogP contribution in [0.2, 0.25) is 13.1 Å². The highest BCUT2D eigenvalue weighted by atomic mass is 28.3. The highest BCUT2D eigenvalue weighted by Gasteiger charge is 2.18. The minimum absolute atomic E-state index is 0.246. The Morgan fingerprint density at radius 2 is 1.86 bits per heavy atom. The Bertz CT molecular complexity index is 290. The summed E-state index contributed by atoms with van der Waals surface area (Å²) in [4.78, 5) is 0. The summed E-state index contributed by atoms with van der Waals surface area (Å²) in [6, 6.07) is 10.6. The zero-order valence-corrected chi connectivity index (χ0v) is 9.90. The average molecular weight is 206 g/mol. The first-order chi connectivity index (χ1) is 6.67. The molecular formula is C12H18OSi. The molecule has 1 aromatic carbocycles. The minimum Gasteiger partial charge on any atom is -0.396 e. The van der Waals surface area contributed by atoms with Crippen LogP contribution in [0.5, 0.6) is 0 Å². The van der Waals surface area contributed by atoms with Gasteiger partial charge in [-0.1, -0.05) is 60.4 Å². The van der Waals surface area contributed by atoms with Crippen LogP contribution in [0.1, 0.15) is 6.42 Å². The van der Waals surface area contributed by atoms with E-state index in [4.69, 9.17) is 5.11 Å². The van der Waals surface area contributed by atoms with Crippen LogP contribution >= 0.6 is 0 Å². The van der Waals surface area contributed by atoms with Gasteiger partial charge in [0.15, 0.2) is 0 Å². The summed E-state index contributed by atoms with van der Waals surface area (Å²) < 4.78 is 0. The molecule has 0 aliphatic heterocycles. The molecular weight excluding hydrogens is 188 g/mol. The number of rotatable bonds is 4. The van der Waals surface area contributed by atoms with Crippen molar-refractivity contribution in [3.8, 4) is 0 Å². The topological polar surface area (TPSA) is 20.2 Å². The zero-order chi connectivity index (χ0) is 10.4. The lowest BCUT2D eigenvalue weighted by atomic mass is 10.4. The van der Waals surface area contributed by atoms with E-state index in [0.29, 0.717) is 0 Å². The molecule has 0 radical (unpaired) electrons. The van der Waals surface area contributed by atoms with Gasteiger partial charge < -0.3 is 5.11 Å². The summed E-state index contributed by atoms with van der Waals surface area (Å²) in [6.45, 7) is 4.88. The van der Waals surface area contributed by atoms with Crippen molar-refractivity contribution >= 4 is 13.3 Å². The third kappa shape index (κ3) is 3.12. The van der Waals surface area contributed by atoms with E-state index < -0.39 is 8.07 Å². The molecule has 14 heavy (non-hydrogen) atoms. The highest BCUT2D eigenvalue weighted by Crippen LogP contribution is 2.05. The lowest BCUT2D eigenvalue weighted by Crippen LogP contribution is -2.39. The molecule has 0 unspecified atom stereocenters. The Kier molecular flexibility index (Phi) is 4.11. The van der Waals surface area contributed by atoms with Gasteiger partial charge in [0.1, 0.15) is 8.07 Å². The number of hydrogen-bond acceptors (Lipinski definition) is 1. The molecule has 0 saturated heterocycles. The fourth-order valence-electron chi connectivity index (χ4n) is 1.42. The van der Waals surface area contributed by atoms with Crippen LogP contribution in [0.25, 0.3) is 0 Å². The van der Waals surface area contributed by atoms with Crippen LogP contribution in [-0.2, 0) is 0 Å². The van der Waals surface area contributed by atoms with E-state index in [-0.39, 0.29) is 6.61 Å². The second kappa shape index (κ2) is 5.13. The van der Waals surface area contributed by atoms with Gasteiger partial charge in [-0.2, -0.15) is 0 Å². The first-order valence-electron chi connectivity index (χ1n) is 5.01.